The first-order valence-corrected chi connectivity index (χ1v) is 7.87. The number of fused-ring (bicyclic) bond motifs is 1. The molecule has 1 N–H and O–H groups in total. The molecule has 1 aliphatic heterocycles. The Morgan fingerprint density at radius 1 is 1.35 bits per heavy atom. The van der Waals surface area contributed by atoms with E-state index in [2.05, 4.69) is 30.8 Å². The molecule has 2 heterocycles. The minimum absolute atomic E-state index is 0.117. The molecule has 0 amide bonds. The fourth-order valence-electron chi connectivity index (χ4n) is 3.20. The molecular weight excluding hydrogens is 292 g/mol. The number of hydrogen-bond acceptors (Lipinski definition) is 4. The van der Waals surface area contributed by atoms with Gasteiger partial charge in [0.05, 0.1) is 16.2 Å². The summed E-state index contributed by atoms with van der Waals surface area (Å²) in [5.74, 6) is 0. The summed E-state index contributed by atoms with van der Waals surface area (Å²) in [5.41, 5.74) is 4.81. The Bertz CT molecular complexity index is 772. The van der Waals surface area contributed by atoms with Gasteiger partial charge in [-0.05, 0) is 27.7 Å². The highest BCUT2D eigenvalue weighted by molar-refractivity contribution is 5.71. The average molecular weight is 314 g/mol. The minimum Gasteiger partial charge on any atom is -0.312 e. The second kappa shape index (κ2) is 5.45. The summed E-state index contributed by atoms with van der Waals surface area (Å²) in [6.45, 7) is 9.88. The summed E-state index contributed by atoms with van der Waals surface area (Å²) in [7, 11) is 0. The first kappa shape index (κ1) is 15.7. The van der Waals surface area contributed by atoms with Gasteiger partial charge in [-0.15, -0.1) is 0 Å². The molecule has 122 valence electrons. The van der Waals surface area contributed by atoms with Gasteiger partial charge in [-0.3, -0.25) is 14.8 Å². The van der Waals surface area contributed by atoms with Crippen LogP contribution in [0.2, 0.25) is 0 Å². The van der Waals surface area contributed by atoms with Crippen LogP contribution >= 0.6 is 0 Å². The van der Waals surface area contributed by atoms with Gasteiger partial charge in [0.15, 0.2) is 0 Å². The summed E-state index contributed by atoms with van der Waals surface area (Å²) < 4.78 is 2.08. The summed E-state index contributed by atoms with van der Waals surface area (Å²) >= 11 is 0. The monoisotopic (exact) mass is 314 g/mol. The minimum atomic E-state index is -0.329. The van der Waals surface area contributed by atoms with Crippen molar-refractivity contribution in [3.05, 3.63) is 45.1 Å². The molecule has 0 saturated carbocycles. The van der Waals surface area contributed by atoms with Crippen molar-refractivity contribution < 1.29 is 4.92 Å². The molecule has 0 aliphatic carbocycles. The quantitative estimate of drug-likeness (QED) is 0.682. The van der Waals surface area contributed by atoms with Gasteiger partial charge in [0.25, 0.3) is 5.69 Å². The van der Waals surface area contributed by atoms with Gasteiger partial charge in [-0.25, -0.2) is 0 Å². The van der Waals surface area contributed by atoms with Gasteiger partial charge in [0.1, 0.15) is 0 Å². The second-order valence-corrected chi connectivity index (χ2v) is 6.99. The number of nitro benzene ring substituents is 1. The molecule has 6 nitrogen and oxygen atoms in total. The predicted octanol–water partition coefficient (Wildman–Crippen LogP) is 3.17. The summed E-state index contributed by atoms with van der Waals surface area (Å²) in [6, 6.07) is 5.20. The normalized spacial score (nSPS) is 14.6. The topological polar surface area (TPSA) is 73.0 Å². The van der Waals surface area contributed by atoms with Crippen molar-refractivity contribution in [3.63, 3.8) is 0 Å². The van der Waals surface area contributed by atoms with Crippen molar-refractivity contribution in [2.45, 2.75) is 46.2 Å². The van der Waals surface area contributed by atoms with Gasteiger partial charge >= 0.3 is 0 Å². The highest BCUT2D eigenvalue weighted by Crippen LogP contribution is 2.35. The lowest BCUT2D eigenvalue weighted by atomic mass is 9.97. The third kappa shape index (κ3) is 2.63. The fraction of sp³-hybridized carbons (Fsp3) is 0.471. The Labute approximate surface area is 135 Å². The van der Waals surface area contributed by atoms with E-state index < -0.39 is 0 Å². The summed E-state index contributed by atoms with van der Waals surface area (Å²) in [6.07, 6.45) is 0.924. The molecule has 0 bridgehead atoms. The molecule has 2 aromatic rings. The molecule has 0 spiro atoms. The predicted molar refractivity (Wildman–Crippen MR) is 89.5 cm³/mol. The molecule has 1 aliphatic rings. The third-order valence-corrected chi connectivity index (χ3v) is 4.32. The van der Waals surface area contributed by atoms with E-state index in [9.17, 15) is 10.1 Å². The smallest absolute Gasteiger partial charge is 0.272 e. The van der Waals surface area contributed by atoms with Crippen LogP contribution in [0.3, 0.4) is 0 Å². The maximum Gasteiger partial charge on any atom is 0.272 e. The first-order valence-electron chi connectivity index (χ1n) is 7.87. The Morgan fingerprint density at radius 3 is 2.74 bits per heavy atom. The van der Waals surface area contributed by atoms with E-state index in [0.29, 0.717) is 5.56 Å². The lowest BCUT2D eigenvalue weighted by Gasteiger charge is -2.24. The van der Waals surface area contributed by atoms with Crippen molar-refractivity contribution in [2.75, 3.05) is 6.54 Å². The molecule has 1 aromatic heterocycles. The SMILES string of the molecule is Cc1c(-c2nn(C(C)(C)C)c3c2CNCC3)cccc1[N+](=O)[O-]. The maximum absolute atomic E-state index is 11.2. The van der Waals surface area contributed by atoms with Crippen molar-refractivity contribution in [1.82, 2.24) is 15.1 Å². The first-order chi connectivity index (χ1) is 10.8. The van der Waals surface area contributed by atoms with E-state index in [0.717, 1.165) is 36.3 Å². The standard InChI is InChI=1S/C17H22N4O2/c1-11-12(6-5-7-14(11)21(22)23)16-13-10-18-9-8-15(13)20(19-16)17(2,3)4/h5-7,18H,8-10H2,1-4H3. The molecule has 6 heteroatoms. The second-order valence-electron chi connectivity index (χ2n) is 6.99. The van der Waals surface area contributed by atoms with E-state index in [1.54, 1.807) is 19.1 Å². The fourth-order valence-corrected chi connectivity index (χ4v) is 3.20. The van der Waals surface area contributed by atoms with E-state index in [1.165, 1.54) is 5.69 Å². The van der Waals surface area contributed by atoms with E-state index in [1.807, 2.05) is 6.07 Å². The number of rotatable bonds is 2. The van der Waals surface area contributed by atoms with Crippen LogP contribution in [0.4, 0.5) is 5.69 Å². The van der Waals surface area contributed by atoms with Gasteiger partial charge in [0.2, 0.25) is 0 Å². The van der Waals surface area contributed by atoms with Crippen LogP contribution in [-0.2, 0) is 18.5 Å². The Morgan fingerprint density at radius 2 is 2.09 bits per heavy atom. The van der Waals surface area contributed by atoms with E-state index in [4.69, 9.17) is 5.10 Å². The zero-order valence-corrected chi connectivity index (χ0v) is 14.0. The van der Waals surface area contributed by atoms with Crippen molar-refractivity contribution in [2.24, 2.45) is 0 Å². The number of nitrogens with one attached hydrogen (secondary N) is 1. The average Bonchev–Trinajstić information content (AvgIpc) is 2.87. The molecular formula is C17H22N4O2. The van der Waals surface area contributed by atoms with Gasteiger partial charge in [-0.2, -0.15) is 5.10 Å². The molecule has 0 fully saturated rings. The Kier molecular flexibility index (Phi) is 3.72. The zero-order chi connectivity index (χ0) is 16.8. The zero-order valence-electron chi connectivity index (χ0n) is 14.0. The van der Waals surface area contributed by atoms with Crippen molar-refractivity contribution in [3.8, 4) is 11.3 Å². The number of aromatic nitrogens is 2. The Hall–Kier alpha value is -2.21. The number of hydrogen-bond donors (Lipinski definition) is 1. The van der Waals surface area contributed by atoms with Gasteiger partial charge in [0, 0.05) is 48.0 Å². The van der Waals surface area contributed by atoms with Crippen LogP contribution in [-0.4, -0.2) is 21.2 Å². The van der Waals surface area contributed by atoms with Gasteiger partial charge in [-0.1, -0.05) is 12.1 Å². The lowest BCUT2D eigenvalue weighted by Crippen LogP contribution is -2.30. The largest absolute Gasteiger partial charge is 0.312 e. The molecule has 3 rings (SSSR count). The van der Waals surface area contributed by atoms with Crippen LogP contribution in [0.25, 0.3) is 11.3 Å². The summed E-state index contributed by atoms with van der Waals surface area (Å²) in [4.78, 5) is 10.9. The molecule has 0 unspecified atom stereocenters. The molecule has 23 heavy (non-hydrogen) atoms. The van der Waals surface area contributed by atoms with Crippen LogP contribution in [0.5, 0.6) is 0 Å². The summed E-state index contributed by atoms with van der Waals surface area (Å²) in [5, 5.41) is 19.5. The molecule has 0 saturated heterocycles. The highest BCUT2D eigenvalue weighted by Gasteiger charge is 2.28. The van der Waals surface area contributed by atoms with Crippen LogP contribution in [0, 0.1) is 17.0 Å². The van der Waals surface area contributed by atoms with Crippen LogP contribution in [0.15, 0.2) is 18.2 Å². The lowest BCUT2D eigenvalue weighted by molar-refractivity contribution is -0.385. The molecule has 1 aromatic carbocycles. The number of nitrogens with zero attached hydrogens (tertiary/aromatic N) is 3. The molecule has 0 atom stereocenters. The van der Waals surface area contributed by atoms with Crippen molar-refractivity contribution >= 4 is 5.69 Å². The molecule has 0 radical (unpaired) electrons. The number of benzene rings is 1. The third-order valence-electron chi connectivity index (χ3n) is 4.32. The maximum atomic E-state index is 11.2. The van der Waals surface area contributed by atoms with Crippen LogP contribution in [0.1, 0.15) is 37.6 Å². The number of nitro groups is 1. The van der Waals surface area contributed by atoms with Crippen LogP contribution < -0.4 is 5.32 Å². The van der Waals surface area contributed by atoms with Gasteiger partial charge < -0.3 is 5.32 Å². The van der Waals surface area contributed by atoms with E-state index >= 15 is 0 Å². The van der Waals surface area contributed by atoms with E-state index in [-0.39, 0.29) is 16.1 Å². The highest BCUT2D eigenvalue weighted by atomic mass is 16.6. The van der Waals surface area contributed by atoms with Crippen molar-refractivity contribution in [1.29, 1.82) is 0 Å². The Balaban J connectivity index is 2.24.